The Balaban J connectivity index is 0.000000500. The molecule has 3 radical (unpaired) electrons. The van der Waals surface area contributed by atoms with Crippen molar-refractivity contribution in [2.24, 2.45) is 0 Å². The quantitative estimate of drug-likeness (QED) is 0.494. The second-order valence-electron chi connectivity index (χ2n) is 1.68. The molecule has 0 N–H and O–H groups in total. The summed E-state index contributed by atoms with van der Waals surface area (Å²) in [4.78, 5) is 3.85. The summed E-state index contributed by atoms with van der Waals surface area (Å²) in [6.45, 7) is 0. The average Bonchev–Trinajstić information content (AvgIpc) is 2.33. The van der Waals surface area contributed by atoms with Gasteiger partial charge in [0.05, 0.1) is 11.7 Å². The van der Waals surface area contributed by atoms with Crippen LogP contribution in [0, 0.1) is 0 Å². The van der Waals surface area contributed by atoms with Crippen molar-refractivity contribution < 1.29 is 0 Å². The molecule has 0 bridgehead atoms. The fourth-order valence-corrected chi connectivity index (χ4v) is 0.682. The third kappa shape index (κ3) is 0.822. The average molecular weight is 134 g/mol. The topological polar surface area (TPSA) is 73.6 Å². The molecule has 0 aromatic carbocycles. The van der Waals surface area contributed by atoms with Gasteiger partial charge < -0.3 is 0 Å². The van der Waals surface area contributed by atoms with Crippen LogP contribution in [-0.4, -0.2) is 19.8 Å². The maximum atomic E-state index is 3.85. The van der Waals surface area contributed by atoms with Crippen LogP contribution in [0.15, 0.2) is 24.8 Å². The van der Waals surface area contributed by atoms with Crippen LogP contribution in [-0.2, 0) is 0 Å². The molecule has 0 fully saturated rings. The lowest BCUT2D eigenvalue weighted by molar-refractivity contribution is 0.834. The first-order chi connectivity index (χ1) is 4.47. The molecule has 5 nitrogen and oxygen atoms in total. The Bertz CT molecular complexity index is 284. The third-order valence-corrected chi connectivity index (χ3v) is 1.11. The highest BCUT2D eigenvalue weighted by molar-refractivity contribution is 5.40. The lowest BCUT2D eigenvalue weighted by Crippen LogP contribution is -1.86. The molecule has 2 heterocycles. The first-order valence-electron chi connectivity index (χ1n) is 2.57. The summed E-state index contributed by atoms with van der Waals surface area (Å²) >= 11 is 0. The summed E-state index contributed by atoms with van der Waals surface area (Å²) in [5.74, 6) is 0. The van der Waals surface area contributed by atoms with Crippen molar-refractivity contribution in [3.63, 3.8) is 0 Å². The standard InChI is InChI=1S/C5H4N4.N/c1-2-6-4-9-5(1)3-7-8-9;/h1-4H;. The van der Waals surface area contributed by atoms with Gasteiger partial charge in [-0.2, -0.15) is 0 Å². The van der Waals surface area contributed by atoms with Crippen molar-refractivity contribution in [1.29, 1.82) is 0 Å². The number of rotatable bonds is 0. The summed E-state index contributed by atoms with van der Waals surface area (Å²) in [6.07, 6.45) is 5.00. The van der Waals surface area contributed by atoms with Crippen LogP contribution in [0.4, 0.5) is 0 Å². The minimum atomic E-state index is 0. The zero-order valence-electron chi connectivity index (χ0n) is 5.05. The van der Waals surface area contributed by atoms with Gasteiger partial charge in [-0.1, -0.05) is 5.21 Å². The van der Waals surface area contributed by atoms with E-state index < -0.39 is 0 Å². The smallest absolute Gasteiger partial charge is 0.119 e. The van der Waals surface area contributed by atoms with E-state index in [1.807, 2.05) is 6.07 Å². The van der Waals surface area contributed by atoms with E-state index in [-0.39, 0.29) is 6.15 Å². The molecule has 0 aliphatic rings. The molecule has 0 unspecified atom stereocenters. The highest BCUT2D eigenvalue weighted by atomic mass is 15.4. The Morgan fingerprint density at radius 3 is 3.10 bits per heavy atom. The second kappa shape index (κ2) is 2.40. The van der Waals surface area contributed by atoms with E-state index in [1.165, 1.54) is 0 Å². The van der Waals surface area contributed by atoms with Gasteiger partial charge in [0.15, 0.2) is 0 Å². The summed E-state index contributed by atoms with van der Waals surface area (Å²) in [6, 6.07) is 1.85. The van der Waals surface area contributed by atoms with Gasteiger partial charge in [-0.3, -0.25) is 0 Å². The van der Waals surface area contributed by atoms with Crippen LogP contribution in [0.1, 0.15) is 0 Å². The van der Waals surface area contributed by atoms with Crippen molar-refractivity contribution >= 4 is 5.52 Å². The van der Waals surface area contributed by atoms with Crippen LogP contribution in [0.3, 0.4) is 0 Å². The van der Waals surface area contributed by atoms with Crippen LogP contribution < -0.4 is 6.15 Å². The van der Waals surface area contributed by atoms with Crippen LogP contribution in [0.25, 0.3) is 5.52 Å². The predicted octanol–water partition coefficient (Wildman–Crippen LogP) is -0.356. The maximum absolute atomic E-state index is 3.85. The van der Waals surface area contributed by atoms with Crippen molar-refractivity contribution in [3.05, 3.63) is 24.8 Å². The van der Waals surface area contributed by atoms with Gasteiger partial charge in [-0.25, -0.2) is 9.50 Å². The van der Waals surface area contributed by atoms with E-state index in [9.17, 15) is 0 Å². The molecule has 5 heteroatoms. The molecule has 0 saturated carbocycles. The van der Waals surface area contributed by atoms with Gasteiger partial charge in [0.2, 0.25) is 0 Å². The minimum absolute atomic E-state index is 0. The zero-order valence-corrected chi connectivity index (χ0v) is 5.05. The summed E-state index contributed by atoms with van der Waals surface area (Å²) in [5, 5.41) is 7.40. The van der Waals surface area contributed by atoms with Gasteiger partial charge in [0.1, 0.15) is 6.33 Å². The summed E-state index contributed by atoms with van der Waals surface area (Å²) < 4.78 is 1.61. The molecular formula is C5H4N5. The van der Waals surface area contributed by atoms with Gasteiger partial charge in [-0.05, 0) is 6.07 Å². The molecule has 0 saturated heterocycles. The number of nitrogens with zero attached hydrogens (tertiary/aromatic N) is 5. The molecular weight excluding hydrogens is 130 g/mol. The number of hydrogen-bond donors (Lipinski definition) is 0. The van der Waals surface area contributed by atoms with Crippen LogP contribution >= 0.6 is 0 Å². The fraction of sp³-hybridized carbons (Fsp3) is 0. The number of hydrogen-bond acceptors (Lipinski definition) is 3. The van der Waals surface area contributed by atoms with Gasteiger partial charge in [0.25, 0.3) is 0 Å². The molecule has 2 aromatic heterocycles. The van der Waals surface area contributed by atoms with E-state index in [0.717, 1.165) is 5.52 Å². The van der Waals surface area contributed by atoms with Gasteiger partial charge in [-0.15, -0.1) is 5.10 Å². The SMILES string of the molecule is [N].c1cc2cnnn2cn1. The minimum Gasteiger partial charge on any atom is -0.245 e. The predicted molar refractivity (Wildman–Crippen MR) is 32.9 cm³/mol. The summed E-state index contributed by atoms with van der Waals surface area (Å²) in [7, 11) is 0. The fourth-order valence-electron chi connectivity index (χ4n) is 0.682. The molecule has 49 valence electrons. The van der Waals surface area contributed by atoms with Crippen molar-refractivity contribution in [3.8, 4) is 0 Å². The molecule has 2 aromatic rings. The van der Waals surface area contributed by atoms with Gasteiger partial charge in [0, 0.05) is 12.3 Å². The molecule has 0 aliphatic carbocycles. The Hall–Kier alpha value is -1.49. The highest BCUT2D eigenvalue weighted by Crippen LogP contribution is 1.93. The lowest BCUT2D eigenvalue weighted by Gasteiger charge is -1.83. The normalized spacial score (nSPS) is 9.20. The van der Waals surface area contributed by atoms with E-state index in [2.05, 4.69) is 15.3 Å². The highest BCUT2D eigenvalue weighted by Gasteiger charge is 1.87. The van der Waals surface area contributed by atoms with E-state index in [0.29, 0.717) is 0 Å². The molecule has 0 amide bonds. The van der Waals surface area contributed by atoms with Crippen LogP contribution in [0.2, 0.25) is 0 Å². The van der Waals surface area contributed by atoms with E-state index in [1.54, 1.807) is 23.2 Å². The first kappa shape index (κ1) is 6.63. The molecule has 2 rings (SSSR count). The summed E-state index contributed by atoms with van der Waals surface area (Å²) in [5.41, 5.74) is 0.963. The Morgan fingerprint density at radius 2 is 2.30 bits per heavy atom. The first-order valence-corrected chi connectivity index (χ1v) is 2.57. The Morgan fingerprint density at radius 1 is 1.40 bits per heavy atom. The third-order valence-electron chi connectivity index (χ3n) is 1.11. The van der Waals surface area contributed by atoms with Crippen LogP contribution in [0.5, 0.6) is 0 Å². The zero-order chi connectivity index (χ0) is 6.10. The Kier molecular flexibility index (Phi) is 1.59. The Labute approximate surface area is 57.3 Å². The molecule has 0 aliphatic heterocycles. The van der Waals surface area contributed by atoms with Crippen molar-refractivity contribution in [2.75, 3.05) is 0 Å². The van der Waals surface area contributed by atoms with E-state index >= 15 is 0 Å². The maximum Gasteiger partial charge on any atom is 0.119 e. The largest absolute Gasteiger partial charge is 0.245 e. The molecule has 0 atom stereocenters. The lowest BCUT2D eigenvalue weighted by atomic mass is 10.5. The van der Waals surface area contributed by atoms with Gasteiger partial charge >= 0.3 is 0 Å². The van der Waals surface area contributed by atoms with Crippen molar-refractivity contribution in [1.82, 2.24) is 26.0 Å². The van der Waals surface area contributed by atoms with E-state index in [4.69, 9.17) is 0 Å². The molecule has 0 spiro atoms. The second-order valence-corrected chi connectivity index (χ2v) is 1.68. The number of fused-ring (bicyclic) bond motifs is 1. The van der Waals surface area contributed by atoms with Crippen molar-refractivity contribution in [2.45, 2.75) is 0 Å². The number of aromatic nitrogens is 4. The monoisotopic (exact) mass is 134 g/mol. The molecule has 10 heavy (non-hydrogen) atoms.